The summed E-state index contributed by atoms with van der Waals surface area (Å²) in [7, 11) is 0. The molecule has 0 saturated heterocycles. The lowest BCUT2D eigenvalue weighted by atomic mass is 9.99. The second-order valence-corrected chi connectivity index (χ2v) is 11.1. The third-order valence-corrected chi connectivity index (χ3v) is 8.62. The van der Waals surface area contributed by atoms with Crippen molar-refractivity contribution in [3.05, 3.63) is 144 Å². The molecule has 0 atom stereocenters. The molecule has 4 heteroatoms. The van der Waals surface area contributed by atoms with E-state index in [1.165, 1.54) is 0 Å². The number of allylic oxidation sites excluding steroid dienone is 2. The third kappa shape index (κ3) is 3.57. The minimum absolute atomic E-state index is 0.105. The van der Waals surface area contributed by atoms with Gasteiger partial charge in [-0.2, -0.15) is 0 Å². The average molecular weight is 553 g/mol. The van der Waals surface area contributed by atoms with Crippen LogP contribution in [0.15, 0.2) is 131 Å². The Bertz CT molecular complexity index is 2510. The van der Waals surface area contributed by atoms with Crippen LogP contribution in [0, 0.1) is 0 Å². The molecular formula is C39H24N2O2. The molecule has 202 valence electrons. The predicted octanol–water partition coefficient (Wildman–Crippen LogP) is 9.91. The summed E-state index contributed by atoms with van der Waals surface area (Å²) in [5.41, 5.74) is 8.33. The summed E-state index contributed by atoms with van der Waals surface area (Å²) in [4.78, 5) is 18.9. The second kappa shape index (κ2) is 9.13. The fourth-order valence-electron chi connectivity index (χ4n) is 6.79. The van der Waals surface area contributed by atoms with Crippen LogP contribution in [-0.4, -0.2) is 15.3 Å². The van der Waals surface area contributed by atoms with Gasteiger partial charge in [-0.1, -0.05) is 91.0 Å². The van der Waals surface area contributed by atoms with Gasteiger partial charge in [-0.25, -0.2) is 0 Å². The lowest BCUT2D eigenvalue weighted by Crippen LogP contribution is -2.02. The predicted molar refractivity (Wildman–Crippen MR) is 176 cm³/mol. The summed E-state index contributed by atoms with van der Waals surface area (Å²) < 4.78 is 8.36. The standard InChI is InChI=1S/C39H24N2O2/c42-33-23-24(22-27-9-6-16-35-36(27)29-12-2-4-15-34(29)43-35)17-20-32-38(33)28-11-1-3-13-30(28)41(32)31-14-5-8-25-18-19-26-10-7-21-40-39(26)37(25)31/h1-22H,23H2/b24-22+. The van der Waals surface area contributed by atoms with Crippen LogP contribution < -0.4 is 0 Å². The van der Waals surface area contributed by atoms with Gasteiger partial charge >= 0.3 is 0 Å². The van der Waals surface area contributed by atoms with Crippen LogP contribution in [0.2, 0.25) is 0 Å². The van der Waals surface area contributed by atoms with Crippen LogP contribution in [0.5, 0.6) is 0 Å². The molecule has 0 saturated carbocycles. The van der Waals surface area contributed by atoms with Gasteiger partial charge in [-0.3, -0.25) is 9.78 Å². The summed E-state index contributed by atoms with van der Waals surface area (Å²) in [5, 5.41) is 6.37. The molecule has 0 fully saturated rings. The number of pyridine rings is 1. The minimum Gasteiger partial charge on any atom is -0.456 e. The second-order valence-electron chi connectivity index (χ2n) is 11.1. The summed E-state index contributed by atoms with van der Waals surface area (Å²) in [5.74, 6) is 0.105. The quantitative estimate of drug-likeness (QED) is 0.201. The smallest absolute Gasteiger partial charge is 0.170 e. The maximum absolute atomic E-state index is 14.1. The van der Waals surface area contributed by atoms with E-state index in [0.29, 0.717) is 6.42 Å². The zero-order valence-electron chi connectivity index (χ0n) is 23.1. The molecule has 0 unspecified atom stereocenters. The Hall–Kier alpha value is -5.74. The first-order chi connectivity index (χ1) is 21.2. The molecule has 0 amide bonds. The van der Waals surface area contributed by atoms with Crippen LogP contribution in [0.1, 0.15) is 28.0 Å². The number of hydrogen-bond donors (Lipinski definition) is 0. The zero-order chi connectivity index (χ0) is 28.5. The van der Waals surface area contributed by atoms with E-state index in [1.54, 1.807) is 0 Å². The van der Waals surface area contributed by atoms with Gasteiger partial charge in [0.2, 0.25) is 0 Å². The van der Waals surface area contributed by atoms with Crippen LogP contribution in [0.3, 0.4) is 0 Å². The Morgan fingerprint density at radius 1 is 0.698 bits per heavy atom. The Balaban J connectivity index is 1.29. The fourth-order valence-corrected chi connectivity index (χ4v) is 6.79. The first kappa shape index (κ1) is 23.9. The molecule has 43 heavy (non-hydrogen) atoms. The molecule has 4 nitrogen and oxygen atoms in total. The number of carbonyl (C=O) groups excluding carboxylic acids is 1. The molecule has 0 spiro atoms. The number of fused-ring (bicyclic) bond motifs is 9. The zero-order valence-corrected chi connectivity index (χ0v) is 23.1. The first-order valence-electron chi connectivity index (χ1n) is 14.5. The Labute approximate surface area is 246 Å². The van der Waals surface area contributed by atoms with Crippen molar-refractivity contribution < 1.29 is 9.21 Å². The average Bonchev–Trinajstić information content (AvgIpc) is 3.54. The highest BCUT2D eigenvalue weighted by atomic mass is 16.3. The maximum atomic E-state index is 14.1. The monoisotopic (exact) mass is 552 g/mol. The van der Waals surface area contributed by atoms with Crippen molar-refractivity contribution in [1.29, 1.82) is 0 Å². The number of carbonyl (C=O) groups is 1. The van der Waals surface area contributed by atoms with E-state index >= 15 is 0 Å². The number of rotatable bonds is 2. The summed E-state index contributed by atoms with van der Waals surface area (Å²) in [6, 6.07) is 37.1. The summed E-state index contributed by atoms with van der Waals surface area (Å²) >= 11 is 0. The highest BCUT2D eigenvalue weighted by Crippen LogP contribution is 2.39. The van der Waals surface area contributed by atoms with Gasteiger partial charge in [-0.05, 0) is 52.9 Å². The molecule has 9 rings (SSSR count). The van der Waals surface area contributed by atoms with Gasteiger partial charge in [0.15, 0.2) is 5.78 Å². The Morgan fingerprint density at radius 3 is 2.44 bits per heavy atom. The fraction of sp³-hybridized carbons (Fsp3) is 0.0256. The largest absolute Gasteiger partial charge is 0.456 e. The number of ketones is 1. The molecule has 3 heterocycles. The molecule has 0 aliphatic heterocycles. The molecule has 1 aliphatic carbocycles. The van der Waals surface area contributed by atoms with Crippen molar-refractivity contribution >= 4 is 72.5 Å². The maximum Gasteiger partial charge on any atom is 0.170 e. The van der Waals surface area contributed by atoms with Gasteiger partial charge in [0.05, 0.1) is 28.0 Å². The highest BCUT2D eigenvalue weighted by Gasteiger charge is 2.25. The van der Waals surface area contributed by atoms with Crippen molar-refractivity contribution in [1.82, 2.24) is 9.55 Å². The molecule has 0 radical (unpaired) electrons. The van der Waals surface area contributed by atoms with E-state index in [2.05, 4.69) is 83.5 Å². The van der Waals surface area contributed by atoms with Crippen LogP contribution >= 0.6 is 0 Å². The molecule has 0 N–H and O–H groups in total. The van der Waals surface area contributed by atoms with Crippen molar-refractivity contribution in [3.63, 3.8) is 0 Å². The van der Waals surface area contributed by atoms with Crippen molar-refractivity contribution in [2.45, 2.75) is 6.42 Å². The van der Waals surface area contributed by atoms with Crippen LogP contribution in [-0.2, 0) is 0 Å². The SMILES string of the molecule is O=C1C/C(=C/c2cccc3oc4ccccc4c23)C=Cc2c1c1ccccc1n2-c1cccc2ccc3cccnc3c12. The number of Topliss-reactive ketones (excluding diaryl/α,β-unsaturated/α-hetero) is 1. The Kier molecular flexibility index (Phi) is 5.08. The third-order valence-electron chi connectivity index (χ3n) is 8.62. The minimum atomic E-state index is 0.105. The molecule has 3 aromatic heterocycles. The lowest BCUT2D eigenvalue weighted by Gasteiger charge is -2.14. The molecular weight excluding hydrogens is 528 g/mol. The van der Waals surface area contributed by atoms with E-state index in [0.717, 1.165) is 82.6 Å². The van der Waals surface area contributed by atoms with E-state index in [1.807, 2.05) is 54.7 Å². The lowest BCUT2D eigenvalue weighted by molar-refractivity contribution is 0.0996. The number of para-hydroxylation sites is 2. The molecule has 5 aromatic carbocycles. The van der Waals surface area contributed by atoms with E-state index in [9.17, 15) is 4.79 Å². The number of hydrogen-bond acceptors (Lipinski definition) is 3. The number of benzene rings is 5. The van der Waals surface area contributed by atoms with Gasteiger partial charge < -0.3 is 8.98 Å². The number of aromatic nitrogens is 2. The summed E-state index contributed by atoms with van der Waals surface area (Å²) in [6.45, 7) is 0. The van der Waals surface area contributed by atoms with E-state index in [-0.39, 0.29) is 5.78 Å². The first-order valence-corrected chi connectivity index (χ1v) is 14.5. The topological polar surface area (TPSA) is 48.0 Å². The van der Waals surface area contributed by atoms with Crippen molar-refractivity contribution in [2.24, 2.45) is 0 Å². The molecule has 0 bridgehead atoms. The van der Waals surface area contributed by atoms with Crippen LogP contribution in [0.4, 0.5) is 0 Å². The highest BCUT2D eigenvalue weighted by molar-refractivity contribution is 6.16. The summed E-state index contributed by atoms with van der Waals surface area (Å²) in [6.07, 6.45) is 8.49. The van der Waals surface area contributed by atoms with E-state index in [4.69, 9.17) is 9.40 Å². The van der Waals surface area contributed by atoms with Gasteiger partial charge in [0, 0.05) is 39.5 Å². The van der Waals surface area contributed by atoms with Gasteiger partial charge in [0.25, 0.3) is 0 Å². The number of nitrogens with zero attached hydrogens (tertiary/aromatic N) is 2. The van der Waals surface area contributed by atoms with E-state index < -0.39 is 0 Å². The van der Waals surface area contributed by atoms with Crippen molar-refractivity contribution in [2.75, 3.05) is 0 Å². The van der Waals surface area contributed by atoms with Gasteiger partial charge in [0.1, 0.15) is 11.2 Å². The molecule has 8 aromatic rings. The van der Waals surface area contributed by atoms with Crippen molar-refractivity contribution in [3.8, 4) is 5.69 Å². The van der Waals surface area contributed by atoms with Crippen LogP contribution in [0.25, 0.3) is 72.4 Å². The Morgan fingerprint density at radius 2 is 1.49 bits per heavy atom. The normalized spacial score (nSPS) is 14.4. The number of furan rings is 1. The molecule has 1 aliphatic rings. The van der Waals surface area contributed by atoms with Gasteiger partial charge in [-0.15, -0.1) is 0 Å².